The largest absolute Gasteiger partial charge is 0.493 e. The summed E-state index contributed by atoms with van der Waals surface area (Å²) < 4.78 is 10.6. The molecule has 1 amide bonds. The summed E-state index contributed by atoms with van der Waals surface area (Å²) in [6.07, 6.45) is 0.944. The van der Waals surface area contributed by atoms with E-state index in [0.717, 1.165) is 16.8 Å². The number of carbonyl (C=O) groups excluding carboxylic acids is 2. The molecule has 0 aliphatic carbocycles. The van der Waals surface area contributed by atoms with Gasteiger partial charge in [0.05, 0.1) is 25.8 Å². The lowest BCUT2D eigenvalue weighted by Crippen LogP contribution is -2.35. The standard InChI is InChI=1S/C21H21N3O5/c1-27-18-7-4-13(10-19(18)28-2)21(26)15-11-22-29-17-6-3-12(9-14(15)17)16-5-8-20(25)24-23-16/h3-4,6-7,9-10,15,22H,5,8,11H2,1-2H3,(H,24,25). The number of benzene rings is 2. The van der Waals surface area contributed by atoms with Crippen LogP contribution in [0, 0.1) is 0 Å². The van der Waals surface area contributed by atoms with Gasteiger partial charge in [0.1, 0.15) is 0 Å². The van der Waals surface area contributed by atoms with Crippen molar-refractivity contribution in [3.63, 3.8) is 0 Å². The molecular formula is C21H21N3O5. The number of carbonyl (C=O) groups is 2. The fourth-order valence-corrected chi connectivity index (χ4v) is 3.51. The van der Waals surface area contributed by atoms with E-state index in [0.29, 0.717) is 42.2 Å². The molecular weight excluding hydrogens is 374 g/mol. The molecule has 0 radical (unpaired) electrons. The molecule has 29 heavy (non-hydrogen) atoms. The third-order valence-electron chi connectivity index (χ3n) is 5.08. The highest BCUT2D eigenvalue weighted by Crippen LogP contribution is 2.35. The highest BCUT2D eigenvalue weighted by molar-refractivity contribution is 6.05. The van der Waals surface area contributed by atoms with Crippen molar-refractivity contribution < 1.29 is 23.9 Å². The van der Waals surface area contributed by atoms with Crippen molar-refractivity contribution in [3.05, 3.63) is 53.1 Å². The first-order valence-electron chi connectivity index (χ1n) is 9.26. The predicted molar refractivity (Wildman–Crippen MR) is 106 cm³/mol. The van der Waals surface area contributed by atoms with E-state index in [4.69, 9.17) is 14.3 Å². The molecule has 2 aliphatic rings. The zero-order chi connectivity index (χ0) is 20.4. The second-order valence-electron chi connectivity index (χ2n) is 6.78. The number of methoxy groups -OCH3 is 2. The molecule has 2 aromatic rings. The van der Waals surface area contributed by atoms with Gasteiger partial charge in [0, 0.05) is 30.5 Å². The molecule has 2 N–H and O–H groups in total. The van der Waals surface area contributed by atoms with Crippen LogP contribution in [0.5, 0.6) is 17.2 Å². The molecule has 2 aliphatic heterocycles. The van der Waals surface area contributed by atoms with Crippen molar-refractivity contribution in [1.82, 2.24) is 10.9 Å². The summed E-state index contributed by atoms with van der Waals surface area (Å²) in [7, 11) is 3.09. The molecule has 8 heteroatoms. The Kier molecular flexibility index (Phi) is 5.18. The van der Waals surface area contributed by atoms with Gasteiger partial charge in [-0.25, -0.2) is 5.43 Å². The number of Topliss-reactive ketones (excluding diaryl/α,β-unsaturated/α-hetero) is 1. The van der Waals surface area contributed by atoms with Crippen molar-refractivity contribution in [2.24, 2.45) is 5.10 Å². The predicted octanol–water partition coefficient (Wildman–Crippen LogP) is 2.18. The Morgan fingerprint density at radius 1 is 1.10 bits per heavy atom. The minimum Gasteiger partial charge on any atom is -0.493 e. The van der Waals surface area contributed by atoms with Gasteiger partial charge in [-0.15, -0.1) is 0 Å². The molecule has 1 atom stereocenters. The number of hydrazone groups is 1. The van der Waals surface area contributed by atoms with Gasteiger partial charge < -0.3 is 14.3 Å². The lowest BCUT2D eigenvalue weighted by Gasteiger charge is -2.26. The molecule has 2 heterocycles. The van der Waals surface area contributed by atoms with Gasteiger partial charge in [0.15, 0.2) is 23.0 Å². The summed E-state index contributed by atoms with van der Waals surface area (Å²) in [5, 5.41) is 4.14. The second-order valence-corrected chi connectivity index (χ2v) is 6.78. The highest BCUT2D eigenvalue weighted by atomic mass is 16.6. The molecule has 0 spiro atoms. The van der Waals surface area contributed by atoms with E-state index >= 15 is 0 Å². The average molecular weight is 395 g/mol. The first-order valence-corrected chi connectivity index (χ1v) is 9.26. The Morgan fingerprint density at radius 3 is 2.66 bits per heavy atom. The number of amides is 1. The summed E-state index contributed by atoms with van der Waals surface area (Å²) in [4.78, 5) is 30.2. The van der Waals surface area contributed by atoms with Gasteiger partial charge in [-0.3, -0.25) is 9.59 Å². The third-order valence-corrected chi connectivity index (χ3v) is 5.08. The molecule has 0 saturated heterocycles. The Bertz CT molecular complexity index is 1000. The fraction of sp³-hybridized carbons (Fsp3) is 0.286. The van der Waals surface area contributed by atoms with Crippen LogP contribution in [0.3, 0.4) is 0 Å². The first-order chi connectivity index (χ1) is 14.1. The zero-order valence-corrected chi connectivity index (χ0v) is 16.2. The topological polar surface area (TPSA) is 98.3 Å². The number of ether oxygens (including phenoxy) is 2. The molecule has 0 fully saturated rings. The van der Waals surface area contributed by atoms with E-state index in [1.165, 1.54) is 7.11 Å². The van der Waals surface area contributed by atoms with Crippen LogP contribution in [-0.2, 0) is 4.79 Å². The third kappa shape index (κ3) is 3.66. The van der Waals surface area contributed by atoms with Crippen LogP contribution in [0.25, 0.3) is 0 Å². The van der Waals surface area contributed by atoms with Crippen LogP contribution in [0.4, 0.5) is 0 Å². The number of hydroxylamine groups is 1. The summed E-state index contributed by atoms with van der Waals surface area (Å²) in [6, 6.07) is 10.7. The summed E-state index contributed by atoms with van der Waals surface area (Å²) in [5.74, 6) is 1.07. The maximum absolute atomic E-state index is 13.3. The smallest absolute Gasteiger partial charge is 0.240 e. The van der Waals surface area contributed by atoms with E-state index in [9.17, 15) is 9.59 Å². The number of nitrogens with zero attached hydrogens (tertiary/aromatic N) is 1. The van der Waals surface area contributed by atoms with Gasteiger partial charge in [0.2, 0.25) is 5.91 Å². The fourth-order valence-electron chi connectivity index (χ4n) is 3.51. The van der Waals surface area contributed by atoms with Gasteiger partial charge in [-0.05, 0) is 42.0 Å². The molecule has 8 nitrogen and oxygen atoms in total. The SMILES string of the molecule is COc1ccc(C(=O)C2CNOc3ccc(C4=NNC(=O)CC4)cc32)cc1OC. The quantitative estimate of drug-likeness (QED) is 0.753. The highest BCUT2D eigenvalue weighted by Gasteiger charge is 2.30. The van der Waals surface area contributed by atoms with Crippen LogP contribution in [-0.4, -0.2) is 38.2 Å². The molecule has 150 valence electrons. The molecule has 0 aromatic heterocycles. The summed E-state index contributed by atoms with van der Waals surface area (Å²) in [6.45, 7) is 0.340. The van der Waals surface area contributed by atoms with E-state index in [1.54, 1.807) is 25.3 Å². The van der Waals surface area contributed by atoms with E-state index in [1.807, 2.05) is 18.2 Å². The van der Waals surface area contributed by atoms with Crippen molar-refractivity contribution >= 4 is 17.4 Å². The maximum atomic E-state index is 13.3. The Morgan fingerprint density at radius 2 is 1.93 bits per heavy atom. The van der Waals surface area contributed by atoms with Crippen LogP contribution in [0.2, 0.25) is 0 Å². The number of hydrogen-bond acceptors (Lipinski definition) is 7. The first kappa shape index (κ1) is 18.9. The van der Waals surface area contributed by atoms with Gasteiger partial charge in [0.25, 0.3) is 0 Å². The maximum Gasteiger partial charge on any atom is 0.240 e. The number of fused-ring (bicyclic) bond motifs is 1. The number of nitrogens with one attached hydrogen (secondary N) is 2. The molecule has 0 saturated carbocycles. The molecule has 4 rings (SSSR count). The normalized spacial score (nSPS) is 18.1. The van der Waals surface area contributed by atoms with E-state index < -0.39 is 5.92 Å². The monoisotopic (exact) mass is 395 g/mol. The lowest BCUT2D eigenvalue weighted by atomic mass is 9.87. The average Bonchev–Trinajstić information content (AvgIpc) is 2.77. The van der Waals surface area contributed by atoms with Crippen molar-refractivity contribution in [1.29, 1.82) is 0 Å². The summed E-state index contributed by atoms with van der Waals surface area (Å²) in [5.41, 5.74) is 8.28. The second kappa shape index (κ2) is 7.92. The Balaban J connectivity index is 1.68. The van der Waals surface area contributed by atoms with Crippen LogP contribution in [0.15, 0.2) is 41.5 Å². The van der Waals surface area contributed by atoms with E-state index in [2.05, 4.69) is 16.0 Å². The van der Waals surface area contributed by atoms with Crippen LogP contribution < -0.4 is 25.2 Å². The van der Waals surface area contributed by atoms with Crippen molar-refractivity contribution in [3.8, 4) is 17.2 Å². The van der Waals surface area contributed by atoms with Crippen LogP contribution in [0.1, 0.15) is 40.2 Å². The van der Waals surface area contributed by atoms with Crippen molar-refractivity contribution in [2.75, 3.05) is 20.8 Å². The minimum absolute atomic E-state index is 0.0564. The minimum atomic E-state index is -0.435. The lowest BCUT2D eigenvalue weighted by molar-refractivity contribution is -0.121. The van der Waals surface area contributed by atoms with Crippen LogP contribution >= 0.6 is 0 Å². The van der Waals surface area contributed by atoms with Gasteiger partial charge in [-0.2, -0.15) is 10.6 Å². The molecule has 1 unspecified atom stereocenters. The van der Waals surface area contributed by atoms with E-state index in [-0.39, 0.29) is 11.7 Å². The zero-order valence-electron chi connectivity index (χ0n) is 16.2. The molecule has 0 bridgehead atoms. The Hall–Kier alpha value is -3.39. The number of rotatable bonds is 5. The number of hydrogen-bond donors (Lipinski definition) is 2. The van der Waals surface area contributed by atoms with Gasteiger partial charge >= 0.3 is 0 Å². The Labute approximate surface area is 167 Å². The summed E-state index contributed by atoms with van der Waals surface area (Å²) >= 11 is 0. The molecule has 2 aromatic carbocycles. The van der Waals surface area contributed by atoms with Gasteiger partial charge in [-0.1, -0.05) is 0 Å². The van der Waals surface area contributed by atoms with Crippen molar-refractivity contribution in [2.45, 2.75) is 18.8 Å². The number of ketones is 1.